The second-order valence-corrected chi connectivity index (χ2v) is 6.75. The standard InChI is InChI=1S/C21H25FN2O2/c1-15-5-4-6-20(16(15)2)26-17(3)21(25)24-13-11-23(12-14-24)19-9-7-18(22)8-10-19/h4-10,17H,11-14H2,1-3H3/t17-/m1/s1. The van der Waals surface area contributed by atoms with Crippen LogP contribution >= 0.6 is 0 Å². The van der Waals surface area contributed by atoms with Crippen molar-refractivity contribution in [3.05, 3.63) is 59.4 Å². The SMILES string of the molecule is Cc1cccc(O[C@H](C)C(=O)N2CCN(c3ccc(F)cc3)CC2)c1C. The van der Waals surface area contributed by atoms with E-state index in [1.165, 1.54) is 12.1 Å². The Balaban J connectivity index is 1.57. The predicted molar refractivity (Wildman–Crippen MR) is 101 cm³/mol. The molecule has 0 N–H and O–H groups in total. The number of carbonyl (C=O) groups is 1. The largest absolute Gasteiger partial charge is 0.481 e. The van der Waals surface area contributed by atoms with Gasteiger partial charge in [-0.1, -0.05) is 12.1 Å². The zero-order valence-electron chi connectivity index (χ0n) is 15.5. The predicted octanol–water partition coefficient (Wildman–Crippen LogP) is 3.56. The zero-order valence-corrected chi connectivity index (χ0v) is 15.5. The number of hydrogen-bond acceptors (Lipinski definition) is 3. The van der Waals surface area contributed by atoms with Gasteiger partial charge >= 0.3 is 0 Å². The molecule has 1 amide bonds. The molecule has 138 valence electrons. The first kappa shape index (κ1) is 18.2. The number of rotatable bonds is 4. The molecule has 0 bridgehead atoms. The molecule has 26 heavy (non-hydrogen) atoms. The van der Waals surface area contributed by atoms with Gasteiger partial charge in [-0.2, -0.15) is 0 Å². The highest BCUT2D eigenvalue weighted by molar-refractivity contribution is 5.81. The third kappa shape index (κ3) is 3.98. The van der Waals surface area contributed by atoms with Gasteiger partial charge < -0.3 is 14.5 Å². The van der Waals surface area contributed by atoms with Crippen LogP contribution in [0, 0.1) is 19.7 Å². The van der Waals surface area contributed by atoms with Gasteiger partial charge in [0, 0.05) is 31.9 Å². The van der Waals surface area contributed by atoms with Gasteiger partial charge in [-0.3, -0.25) is 4.79 Å². The first-order chi connectivity index (χ1) is 12.5. The Hall–Kier alpha value is -2.56. The Bertz CT molecular complexity index is 768. The fourth-order valence-corrected chi connectivity index (χ4v) is 3.19. The molecule has 1 saturated heterocycles. The highest BCUT2D eigenvalue weighted by Gasteiger charge is 2.26. The van der Waals surface area contributed by atoms with E-state index in [2.05, 4.69) is 4.90 Å². The number of hydrogen-bond donors (Lipinski definition) is 0. The van der Waals surface area contributed by atoms with Gasteiger partial charge in [0.05, 0.1) is 0 Å². The molecule has 5 heteroatoms. The number of aryl methyl sites for hydroxylation is 1. The van der Waals surface area contributed by atoms with E-state index in [4.69, 9.17) is 4.74 Å². The average Bonchev–Trinajstić information content (AvgIpc) is 2.65. The molecule has 0 spiro atoms. The van der Waals surface area contributed by atoms with Crippen molar-refractivity contribution in [1.29, 1.82) is 0 Å². The van der Waals surface area contributed by atoms with Crippen LogP contribution in [0.4, 0.5) is 10.1 Å². The summed E-state index contributed by atoms with van der Waals surface area (Å²) in [5.41, 5.74) is 3.20. The van der Waals surface area contributed by atoms with Crippen LogP contribution in [0.1, 0.15) is 18.1 Å². The number of halogens is 1. The molecule has 0 radical (unpaired) electrons. The molecule has 0 aromatic heterocycles. The summed E-state index contributed by atoms with van der Waals surface area (Å²) in [6.07, 6.45) is -0.520. The van der Waals surface area contributed by atoms with Crippen molar-refractivity contribution in [3.8, 4) is 5.75 Å². The van der Waals surface area contributed by atoms with E-state index in [9.17, 15) is 9.18 Å². The Morgan fingerprint density at radius 3 is 2.35 bits per heavy atom. The molecule has 2 aromatic rings. The first-order valence-electron chi connectivity index (χ1n) is 8.98. The fraction of sp³-hybridized carbons (Fsp3) is 0.381. The maximum absolute atomic E-state index is 13.1. The third-order valence-corrected chi connectivity index (χ3v) is 4.99. The summed E-state index contributed by atoms with van der Waals surface area (Å²) >= 11 is 0. The number of nitrogens with zero attached hydrogens (tertiary/aromatic N) is 2. The Kier molecular flexibility index (Phi) is 5.45. The van der Waals surface area contributed by atoms with Gasteiger partial charge in [0.25, 0.3) is 5.91 Å². The van der Waals surface area contributed by atoms with Crippen LogP contribution in [-0.4, -0.2) is 43.1 Å². The summed E-state index contributed by atoms with van der Waals surface area (Å²) in [5.74, 6) is 0.528. The summed E-state index contributed by atoms with van der Waals surface area (Å²) in [5, 5.41) is 0. The lowest BCUT2D eigenvalue weighted by molar-refractivity contribution is -0.138. The molecule has 3 rings (SSSR count). The molecule has 1 aliphatic heterocycles. The number of piperazine rings is 1. The molecule has 0 saturated carbocycles. The Morgan fingerprint density at radius 2 is 1.69 bits per heavy atom. The smallest absolute Gasteiger partial charge is 0.263 e. The Morgan fingerprint density at radius 1 is 1.04 bits per heavy atom. The van der Waals surface area contributed by atoms with E-state index in [1.54, 1.807) is 19.1 Å². The maximum Gasteiger partial charge on any atom is 0.263 e. The molecule has 2 aromatic carbocycles. The maximum atomic E-state index is 13.1. The van der Waals surface area contributed by atoms with Crippen molar-refractivity contribution in [2.45, 2.75) is 26.9 Å². The van der Waals surface area contributed by atoms with Gasteiger partial charge in [-0.05, 0) is 62.2 Å². The van der Waals surface area contributed by atoms with Crippen LogP contribution in [0.3, 0.4) is 0 Å². The Labute approximate surface area is 154 Å². The topological polar surface area (TPSA) is 32.8 Å². The van der Waals surface area contributed by atoms with Gasteiger partial charge in [0.2, 0.25) is 0 Å². The van der Waals surface area contributed by atoms with Gasteiger partial charge in [0.15, 0.2) is 6.10 Å². The minimum atomic E-state index is -0.520. The second-order valence-electron chi connectivity index (χ2n) is 6.75. The van der Waals surface area contributed by atoms with Gasteiger partial charge in [-0.15, -0.1) is 0 Å². The minimum Gasteiger partial charge on any atom is -0.481 e. The molecular weight excluding hydrogens is 331 g/mol. The molecular formula is C21H25FN2O2. The number of ether oxygens (including phenoxy) is 1. The average molecular weight is 356 g/mol. The lowest BCUT2D eigenvalue weighted by Crippen LogP contribution is -2.52. The van der Waals surface area contributed by atoms with Crippen molar-refractivity contribution in [2.24, 2.45) is 0 Å². The van der Waals surface area contributed by atoms with Crippen molar-refractivity contribution >= 4 is 11.6 Å². The van der Waals surface area contributed by atoms with Crippen LogP contribution in [-0.2, 0) is 4.79 Å². The van der Waals surface area contributed by atoms with Crippen molar-refractivity contribution in [2.75, 3.05) is 31.1 Å². The minimum absolute atomic E-state index is 0.00432. The number of benzene rings is 2. The molecule has 1 heterocycles. The quantitative estimate of drug-likeness (QED) is 0.840. The highest BCUT2D eigenvalue weighted by atomic mass is 19.1. The van der Waals surface area contributed by atoms with E-state index in [0.29, 0.717) is 13.1 Å². The molecule has 0 aliphatic carbocycles. The van der Waals surface area contributed by atoms with Crippen molar-refractivity contribution in [3.63, 3.8) is 0 Å². The summed E-state index contributed by atoms with van der Waals surface area (Å²) in [4.78, 5) is 16.7. The number of amides is 1. The number of carbonyl (C=O) groups excluding carboxylic acids is 1. The van der Waals surface area contributed by atoms with Gasteiger partial charge in [0.1, 0.15) is 11.6 Å². The second kappa shape index (κ2) is 7.77. The van der Waals surface area contributed by atoms with E-state index in [1.807, 2.05) is 36.9 Å². The summed E-state index contributed by atoms with van der Waals surface area (Å²) in [7, 11) is 0. The molecule has 1 atom stereocenters. The van der Waals surface area contributed by atoms with Crippen LogP contribution in [0.25, 0.3) is 0 Å². The third-order valence-electron chi connectivity index (χ3n) is 4.99. The molecule has 0 unspecified atom stereocenters. The van der Waals surface area contributed by atoms with Crippen LogP contribution in [0.15, 0.2) is 42.5 Å². The van der Waals surface area contributed by atoms with Crippen molar-refractivity contribution in [1.82, 2.24) is 4.90 Å². The zero-order chi connectivity index (χ0) is 18.7. The normalized spacial score (nSPS) is 15.7. The lowest BCUT2D eigenvalue weighted by atomic mass is 10.1. The molecule has 1 fully saturated rings. The fourth-order valence-electron chi connectivity index (χ4n) is 3.19. The number of anilines is 1. The summed E-state index contributed by atoms with van der Waals surface area (Å²) in [6, 6.07) is 12.4. The highest BCUT2D eigenvalue weighted by Crippen LogP contribution is 2.23. The lowest BCUT2D eigenvalue weighted by Gasteiger charge is -2.37. The van der Waals surface area contributed by atoms with Crippen LogP contribution < -0.4 is 9.64 Å². The molecule has 1 aliphatic rings. The molecule has 4 nitrogen and oxygen atoms in total. The van der Waals surface area contributed by atoms with Crippen molar-refractivity contribution < 1.29 is 13.9 Å². The monoisotopic (exact) mass is 356 g/mol. The summed E-state index contributed by atoms with van der Waals surface area (Å²) in [6.45, 7) is 8.57. The summed E-state index contributed by atoms with van der Waals surface area (Å²) < 4.78 is 19.0. The van der Waals surface area contributed by atoms with E-state index in [-0.39, 0.29) is 11.7 Å². The van der Waals surface area contributed by atoms with Crippen LogP contribution in [0.5, 0.6) is 5.75 Å². The first-order valence-corrected chi connectivity index (χ1v) is 8.98. The van der Waals surface area contributed by atoms with E-state index < -0.39 is 6.10 Å². The van der Waals surface area contributed by atoms with E-state index >= 15 is 0 Å². The van der Waals surface area contributed by atoms with E-state index in [0.717, 1.165) is 35.7 Å². The van der Waals surface area contributed by atoms with Crippen LogP contribution in [0.2, 0.25) is 0 Å². The van der Waals surface area contributed by atoms with Gasteiger partial charge in [-0.25, -0.2) is 4.39 Å².